The molecule has 0 bridgehead atoms. The van der Waals surface area contributed by atoms with Crippen molar-refractivity contribution in [2.75, 3.05) is 47.3 Å². The van der Waals surface area contributed by atoms with Crippen LogP contribution >= 0.6 is 0 Å². The first-order chi connectivity index (χ1) is 9.81. The third kappa shape index (κ3) is 6.32. The molecule has 0 aromatic rings. The lowest BCUT2D eigenvalue weighted by Gasteiger charge is -2.38. The maximum absolute atomic E-state index is 12.7. The van der Waals surface area contributed by atoms with Crippen LogP contribution in [-0.2, 0) is 4.79 Å². The molecular weight excluding hydrogens is 264 g/mol. The van der Waals surface area contributed by atoms with Gasteiger partial charge in [0.2, 0.25) is 5.91 Å². The van der Waals surface area contributed by atoms with Crippen molar-refractivity contribution in [3.05, 3.63) is 0 Å². The van der Waals surface area contributed by atoms with Crippen LogP contribution in [0.25, 0.3) is 0 Å². The van der Waals surface area contributed by atoms with Crippen LogP contribution in [-0.4, -0.2) is 80.0 Å². The van der Waals surface area contributed by atoms with Gasteiger partial charge in [-0.25, -0.2) is 0 Å². The molecule has 2 N–H and O–H groups in total. The molecule has 1 unspecified atom stereocenters. The Kier molecular flexibility index (Phi) is 7.63. The zero-order valence-electron chi connectivity index (χ0n) is 14.5. The Morgan fingerprint density at radius 1 is 1.24 bits per heavy atom. The lowest BCUT2D eigenvalue weighted by Crippen LogP contribution is -2.50. The average molecular weight is 298 g/mol. The highest BCUT2D eigenvalue weighted by Crippen LogP contribution is 2.17. The van der Waals surface area contributed by atoms with Gasteiger partial charge in [-0.1, -0.05) is 13.8 Å². The van der Waals surface area contributed by atoms with Gasteiger partial charge in [0.15, 0.2) is 0 Å². The van der Waals surface area contributed by atoms with E-state index in [1.807, 2.05) is 0 Å². The summed E-state index contributed by atoms with van der Waals surface area (Å²) < 4.78 is 0. The van der Waals surface area contributed by atoms with Crippen molar-refractivity contribution < 1.29 is 4.79 Å². The van der Waals surface area contributed by atoms with E-state index in [2.05, 4.69) is 49.7 Å². The number of rotatable bonds is 7. The van der Waals surface area contributed by atoms with Gasteiger partial charge in [-0.05, 0) is 53.0 Å². The van der Waals surface area contributed by atoms with Crippen molar-refractivity contribution >= 4 is 5.91 Å². The van der Waals surface area contributed by atoms with Crippen LogP contribution in [0.2, 0.25) is 0 Å². The summed E-state index contributed by atoms with van der Waals surface area (Å²) in [4.78, 5) is 19.2. The van der Waals surface area contributed by atoms with E-state index in [4.69, 9.17) is 5.73 Å². The highest BCUT2D eigenvalue weighted by Gasteiger charge is 2.28. The molecule has 1 heterocycles. The van der Waals surface area contributed by atoms with Crippen molar-refractivity contribution in [2.24, 2.45) is 11.7 Å². The summed E-state index contributed by atoms with van der Waals surface area (Å²) in [5.41, 5.74) is 6.10. The number of nitrogens with two attached hydrogens (primary N) is 1. The molecule has 0 aliphatic carbocycles. The second-order valence-corrected chi connectivity index (χ2v) is 7.04. The third-order valence-corrected chi connectivity index (χ3v) is 4.50. The molecule has 1 atom stereocenters. The van der Waals surface area contributed by atoms with Crippen LogP contribution in [0.1, 0.15) is 33.1 Å². The minimum atomic E-state index is -0.0365. The first-order valence-electron chi connectivity index (χ1n) is 8.19. The van der Waals surface area contributed by atoms with Crippen molar-refractivity contribution in [3.63, 3.8) is 0 Å². The standard InChI is InChI=1S/C16H34N4O/c1-13(2)15(17)12-16(21)20(11-10-18(3)4)14-6-8-19(5)9-7-14/h13-15H,6-12,17H2,1-5H3. The van der Waals surface area contributed by atoms with Gasteiger partial charge >= 0.3 is 0 Å². The number of nitrogens with zero attached hydrogens (tertiary/aromatic N) is 3. The molecule has 0 aromatic carbocycles. The highest BCUT2D eigenvalue weighted by molar-refractivity contribution is 5.77. The van der Waals surface area contributed by atoms with E-state index in [0.717, 1.165) is 39.0 Å². The summed E-state index contributed by atoms with van der Waals surface area (Å²) in [6.07, 6.45) is 2.62. The Hall–Kier alpha value is -0.650. The molecular formula is C16H34N4O. The van der Waals surface area contributed by atoms with E-state index >= 15 is 0 Å². The van der Waals surface area contributed by atoms with E-state index in [0.29, 0.717) is 18.4 Å². The molecule has 0 aromatic heterocycles. The summed E-state index contributed by atoms with van der Waals surface area (Å²) in [6, 6.07) is 0.346. The molecule has 1 saturated heterocycles. The summed E-state index contributed by atoms with van der Waals surface area (Å²) >= 11 is 0. The Morgan fingerprint density at radius 3 is 2.29 bits per heavy atom. The number of carbonyl (C=O) groups is 1. The topological polar surface area (TPSA) is 52.8 Å². The number of hydrogen-bond acceptors (Lipinski definition) is 4. The lowest BCUT2D eigenvalue weighted by atomic mass is 9.99. The molecule has 1 amide bonds. The molecule has 1 rings (SSSR count). The number of carbonyl (C=O) groups excluding carboxylic acids is 1. The maximum atomic E-state index is 12.7. The second kappa shape index (κ2) is 8.71. The van der Waals surface area contributed by atoms with Crippen LogP contribution < -0.4 is 5.73 Å². The summed E-state index contributed by atoms with van der Waals surface area (Å²) in [6.45, 7) is 8.04. The Morgan fingerprint density at radius 2 is 1.81 bits per heavy atom. The molecule has 0 saturated carbocycles. The Labute approximate surface area is 130 Å². The SMILES string of the molecule is CC(C)C(N)CC(=O)N(CCN(C)C)C1CCN(C)CC1. The zero-order valence-corrected chi connectivity index (χ0v) is 14.5. The number of amides is 1. The van der Waals surface area contributed by atoms with Crippen molar-refractivity contribution in [3.8, 4) is 0 Å². The Bertz CT molecular complexity index is 311. The zero-order chi connectivity index (χ0) is 16.0. The summed E-state index contributed by atoms with van der Waals surface area (Å²) in [7, 11) is 6.26. The molecule has 0 spiro atoms. The van der Waals surface area contributed by atoms with Gasteiger partial charge in [-0.15, -0.1) is 0 Å². The van der Waals surface area contributed by atoms with Crippen LogP contribution in [0, 0.1) is 5.92 Å². The monoisotopic (exact) mass is 298 g/mol. The molecule has 5 nitrogen and oxygen atoms in total. The summed E-state index contributed by atoms with van der Waals surface area (Å²) in [5.74, 6) is 0.578. The van der Waals surface area contributed by atoms with Crippen LogP contribution in [0.4, 0.5) is 0 Å². The van der Waals surface area contributed by atoms with Gasteiger partial charge in [0.25, 0.3) is 0 Å². The van der Waals surface area contributed by atoms with E-state index in [1.165, 1.54) is 0 Å². The van der Waals surface area contributed by atoms with Gasteiger partial charge in [0.1, 0.15) is 0 Å². The van der Waals surface area contributed by atoms with Gasteiger partial charge in [0.05, 0.1) is 0 Å². The van der Waals surface area contributed by atoms with E-state index in [1.54, 1.807) is 0 Å². The Balaban J connectivity index is 2.64. The molecule has 1 fully saturated rings. The lowest BCUT2D eigenvalue weighted by molar-refractivity contribution is -0.135. The second-order valence-electron chi connectivity index (χ2n) is 7.04. The predicted octanol–water partition coefficient (Wildman–Crippen LogP) is 0.844. The molecule has 21 heavy (non-hydrogen) atoms. The third-order valence-electron chi connectivity index (χ3n) is 4.50. The van der Waals surface area contributed by atoms with Crippen molar-refractivity contribution in [1.82, 2.24) is 14.7 Å². The first kappa shape index (κ1) is 18.4. The normalized spacial score (nSPS) is 19.2. The number of likely N-dealkylation sites (N-methyl/N-ethyl adjacent to an activating group) is 1. The highest BCUT2D eigenvalue weighted by atomic mass is 16.2. The fraction of sp³-hybridized carbons (Fsp3) is 0.938. The van der Waals surface area contributed by atoms with Gasteiger partial charge < -0.3 is 20.4 Å². The minimum absolute atomic E-state index is 0.0365. The van der Waals surface area contributed by atoms with Crippen molar-refractivity contribution in [2.45, 2.75) is 45.2 Å². The van der Waals surface area contributed by atoms with Crippen LogP contribution in [0.15, 0.2) is 0 Å². The number of hydrogen-bond donors (Lipinski definition) is 1. The van der Waals surface area contributed by atoms with E-state index in [-0.39, 0.29) is 11.9 Å². The largest absolute Gasteiger partial charge is 0.338 e. The van der Waals surface area contributed by atoms with E-state index < -0.39 is 0 Å². The van der Waals surface area contributed by atoms with E-state index in [9.17, 15) is 4.79 Å². The summed E-state index contributed by atoms with van der Waals surface area (Å²) in [5, 5.41) is 0. The van der Waals surface area contributed by atoms with Gasteiger partial charge in [0, 0.05) is 31.6 Å². The first-order valence-corrected chi connectivity index (χ1v) is 8.19. The molecule has 1 aliphatic rings. The quantitative estimate of drug-likeness (QED) is 0.757. The fourth-order valence-electron chi connectivity index (χ4n) is 2.68. The van der Waals surface area contributed by atoms with Crippen molar-refractivity contribution in [1.29, 1.82) is 0 Å². The number of likely N-dealkylation sites (tertiary alicyclic amines) is 1. The smallest absolute Gasteiger partial charge is 0.224 e. The molecule has 1 aliphatic heterocycles. The van der Waals surface area contributed by atoms with Gasteiger partial charge in [-0.3, -0.25) is 4.79 Å². The van der Waals surface area contributed by atoms with Crippen LogP contribution in [0.3, 0.4) is 0 Å². The fourth-order valence-corrected chi connectivity index (χ4v) is 2.68. The van der Waals surface area contributed by atoms with Gasteiger partial charge in [-0.2, -0.15) is 0 Å². The number of piperidine rings is 1. The molecule has 124 valence electrons. The maximum Gasteiger partial charge on any atom is 0.224 e. The predicted molar refractivity (Wildman–Crippen MR) is 88.2 cm³/mol. The molecule has 5 heteroatoms. The minimum Gasteiger partial charge on any atom is -0.338 e. The average Bonchev–Trinajstić information content (AvgIpc) is 2.40. The van der Waals surface area contributed by atoms with Crippen LogP contribution in [0.5, 0.6) is 0 Å². The molecule has 0 radical (unpaired) electrons.